The van der Waals surface area contributed by atoms with Gasteiger partial charge in [-0.3, -0.25) is 0 Å². The molecule has 4 aromatic carbocycles. The van der Waals surface area contributed by atoms with Gasteiger partial charge in [-0.25, -0.2) is 0 Å². The average Bonchev–Trinajstić information content (AvgIpc) is 3.47. The molecular formula is C34H32Cl2SiZr-2. The number of allylic oxidation sites excluding steroid dienone is 4. The molecule has 0 bridgehead atoms. The summed E-state index contributed by atoms with van der Waals surface area (Å²) in [4.78, 5) is 0. The fourth-order valence-corrected chi connectivity index (χ4v) is 4.82. The Hall–Kier alpha value is -1.96. The molecule has 4 aromatic rings. The van der Waals surface area contributed by atoms with Crippen LogP contribution in [0, 0.1) is 12.1 Å². The Morgan fingerprint density at radius 3 is 1.32 bits per heavy atom. The normalized spacial score (nSPS) is 16.5. The molecule has 192 valence electrons. The van der Waals surface area contributed by atoms with Crippen LogP contribution in [0.2, 0.25) is 13.1 Å². The minimum absolute atomic E-state index is 0.224. The first kappa shape index (κ1) is 29.0. The van der Waals surface area contributed by atoms with Crippen LogP contribution in [0.25, 0.3) is 11.1 Å². The molecule has 0 amide bonds. The standard InChI is InChI=1S/2C16H13.C2H6Si.2ClH.Zr/c2*1-12-11-16(13-7-3-2-4-8-13)15-10-6-5-9-14(12)15;1-3-2;;;/h2*2-8,10-11,16H,1H3;1-2H3;2*1H;/q2*-1;;;;+2/p-2. The van der Waals surface area contributed by atoms with E-state index in [0.29, 0.717) is 11.8 Å². The van der Waals surface area contributed by atoms with Crippen molar-refractivity contribution in [3.63, 3.8) is 0 Å². The molecule has 0 aromatic heterocycles. The molecule has 2 aliphatic carbocycles. The fourth-order valence-electron chi connectivity index (χ4n) is 4.82. The third-order valence-corrected chi connectivity index (χ3v) is 26.5. The van der Waals surface area contributed by atoms with Gasteiger partial charge in [-0.2, -0.15) is 0 Å². The van der Waals surface area contributed by atoms with E-state index in [1.807, 2.05) is 12.1 Å². The molecule has 0 N–H and O–H groups in total. The van der Waals surface area contributed by atoms with Crippen LogP contribution in [-0.2, 0) is 18.0 Å². The molecular weight excluding hydrogens is 599 g/mol. The molecule has 0 saturated heterocycles. The van der Waals surface area contributed by atoms with E-state index >= 15 is 0 Å². The van der Waals surface area contributed by atoms with Gasteiger partial charge in [0.05, 0.1) is 0 Å². The number of halogens is 2. The number of benzene rings is 4. The van der Waals surface area contributed by atoms with Crippen molar-refractivity contribution in [1.29, 1.82) is 0 Å². The second-order valence-corrected chi connectivity index (χ2v) is 32.7. The Kier molecular flexibility index (Phi) is 10.6. The van der Waals surface area contributed by atoms with Crippen molar-refractivity contribution in [3.05, 3.63) is 155 Å². The van der Waals surface area contributed by atoms with E-state index in [4.69, 9.17) is 17.0 Å². The summed E-state index contributed by atoms with van der Waals surface area (Å²) in [6, 6.07) is 40.5. The molecule has 2 aliphatic rings. The SMILES string of the molecule is CC1=CC(c2ccccc2)c2ccc[c-]c21.CC1=CC(c2ccccc2)c2ccc[c-]c21.C[Si](C)=[Zr]([Cl])[Cl]. The predicted octanol–water partition coefficient (Wildman–Crippen LogP) is 10.2. The van der Waals surface area contributed by atoms with Crippen LogP contribution >= 0.6 is 17.0 Å². The van der Waals surface area contributed by atoms with Gasteiger partial charge in [-0.1, -0.05) is 74.5 Å². The van der Waals surface area contributed by atoms with Crippen molar-refractivity contribution < 1.29 is 18.0 Å². The number of fused-ring (bicyclic) bond motifs is 2. The van der Waals surface area contributed by atoms with Gasteiger partial charge < -0.3 is 0 Å². The van der Waals surface area contributed by atoms with E-state index < -0.39 is 18.0 Å². The molecule has 0 spiro atoms. The van der Waals surface area contributed by atoms with Gasteiger partial charge in [-0.05, 0) is 23.0 Å². The van der Waals surface area contributed by atoms with Crippen molar-refractivity contribution in [2.24, 2.45) is 0 Å². The Bertz CT molecular complexity index is 1350. The number of rotatable bonds is 2. The molecule has 2 atom stereocenters. The van der Waals surface area contributed by atoms with Crippen LogP contribution in [0.15, 0.2) is 109 Å². The van der Waals surface area contributed by atoms with Crippen LogP contribution in [0.5, 0.6) is 0 Å². The van der Waals surface area contributed by atoms with Crippen molar-refractivity contribution in [1.82, 2.24) is 0 Å². The molecule has 0 fully saturated rings. The molecule has 0 radical (unpaired) electrons. The Morgan fingerprint density at radius 2 is 0.974 bits per heavy atom. The monoisotopic (exact) mass is 628 g/mol. The van der Waals surface area contributed by atoms with Crippen molar-refractivity contribution >= 4 is 33.6 Å². The van der Waals surface area contributed by atoms with Crippen molar-refractivity contribution in [2.75, 3.05) is 0 Å². The first-order valence-corrected chi connectivity index (χ1v) is 25.4. The summed E-state index contributed by atoms with van der Waals surface area (Å²) in [5, 5.41) is 0. The summed E-state index contributed by atoms with van der Waals surface area (Å²) < 4.78 is 0. The first-order chi connectivity index (χ1) is 18.4. The van der Waals surface area contributed by atoms with E-state index in [2.05, 4.69) is 136 Å². The quantitative estimate of drug-likeness (QED) is 0.153. The maximum atomic E-state index is 5.62. The second-order valence-electron chi connectivity index (χ2n) is 9.74. The molecule has 2 unspecified atom stereocenters. The van der Waals surface area contributed by atoms with Crippen LogP contribution in [0.4, 0.5) is 0 Å². The van der Waals surface area contributed by atoms with Crippen LogP contribution < -0.4 is 0 Å². The van der Waals surface area contributed by atoms with Crippen molar-refractivity contribution in [3.8, 4) is 0 Å². The first-order valence-electron chi connectivity index (χ1n) is 12.8. The van der Waals surface area contributed by atoms with Crippen molar-refractivity contribution in [2.45, 2.75) is 38.8 Å². The van der Waals surface area contributed by atoms with Gasteiger partial charge in [0, 0.05) is 0 Å². The van der Waals surface area contributed by atoms with Gasteiger partial charge in [0.25, 0.3) is 0 Å². The average molecular weight is 631 g/mol. The Balaban J connectivity index is 0.000000147. The number of hydrogen-bond acceptors (Lipinski definition) is 0. The summed E-state index contributed by atoms with van der Waals surface area (Å²) in [6.07, 6.45) is 4.66. The zero-order valence-electron chi connectivity index (χ0n) is 22.3. The minimum atomic E-state index is -1.65. The van der Waals surface area contributed by atoms with E-state index in [1.165, 1.54) is 44.5 Å². The van der Waals surface area contributed by atoms with Crippen LogP contribution in [0.1, 0.15) is 59.1 Å². The Morgan fingerprint density at radius 1 is 0.605 bits per heavy atom. The topological polar surface area (TPSA) is 0 Å². The van der Waals surface area contributed by atoms with Gasteiger partial charge in [0.2, 0.25) is 0 Å². The van der Waals surface area contributed by atoms with E-state index in [0.717, 1.165) is 0 Å². The third-order valence-electron chi connectivity index (χ3n) is 6.76. The van der Waals surface area contributed by atoms with E-state index in [9.17, 15) is 0 Å². The summed E-state index contributed by atoms with van der Waals surface area (Å²) in [5.74, 6) is 0.822. The molecule has 4 heteroatoms. The summed E-state index contributed by atoms with van der Waals surface area (Å²) >= 11 is -1.65. The number of hydrogen-bond donors (Lipinski definition) is 0. The van der Waals surface area contributed by atoms with Gasteiger partial charge >= 0.3 is 53.5 Å². The van der Waals surface area contributed by atoms with Gasteiger partial charge in [-0.15, -0.1) is 94.1 Å². The Labute approximate surface area is 243 Å². The molecule has 38 heavy (non-hydrogen) atoms. The van der Waals surface area contributed by atoms with E-state index in [-0.39, 0.29) is 5.43 Å². The molecule has 0 nitrogen and oxygen atoms in total. The van der Waals surface area contributed by atoms with E-state index in [1.54, 1.807) is 0 Å². The third kappa shape index (κ3) is 7.16. The molecule has 0 aliphatic heterocycles. The summed E-state index contributed by atoms with van der Waals surface area (Å²) in [7, 11) is 11.2. The van der Waals surface area contributed by atoms with Gasteiger partial charge in [0.1, 0.15) is 0 Å². The predicted molar refractivity (Wildman–Crippen MR) is 164 cm³/mol. The summed E-state index contributed by atoms with van der Waals surface area (Å²) in [5.41, 5.74) is 10.5. The van der Waals surface area contributed by atoms with Crippen LogP contribution in [0.3, 0.4) is 0 Å². The molecule has 0 heterocycles. The zero-order valence-corrected chi connectivity index (χ0v) is 27.3. The zero-order chi connectivity index (χ0) is 27.1. The second kappa shape index (κ2) is 13.9. The van der Waals surface area contributed by atoms with Gasteiger partial charge in [0.15, 0.2) is 0 Å². The summed E-state index contributed by atoms with van der Waals surface area (Å²) in [6.45, 7) is 8.66. The molecule has 0 saturated carbocycles. The fraction of sp³-hybridized carbons (Fsp3) is 0.176. The van der Waals surface area contributed by atoms with Crippen LogP contribution in [-0.4, -0.2) is 5.43 Å². The maximum absolute atomic E-state index is 5.62. The molecule has 6 rings (SSSR count).